The summed E-state index contributed by atoms with van der Waals surface area (Å²) in [6, 6.07) is 0. The molecule has 0 amide bonds. The van der Waals surface area contributed by atoms with Gasteiger partial charge in [0, 0.05) is 5.69 Å². The average molecular weight is 125 g/mol. The molecule has 0 aliphatic rings. The van der Waals surface area contributed by atoms with Crippen LogP contribution in [0.2, 0.25) is 0 Å². The molecular weight excluding hydrogens is 114 g/mol. The first-order valence-corrected chi connectivity index (χ1v) is 3.12. The van der Waals surface area contributed by atoms with Crippen molar-refractivity contribution in [3.63, 3.8) is 0 Å². The molecule has 0 aliphatic heterocycles. The minimum atomic E-state index is 0.512. The predicted octanol–water partition coefficient (Wildman–Crippen LogP) is 0.944. The van der Waals surface area contributed by atoms with Crippen LogP contribution in [0.1, 0.15) is 19.0 Å². The second kappa shape index (κ2) is 2.53. The van der Waals surface area contributed by atoms with Crippen molar-refractivity contribution in [1.29, 1.82) is 0 Å². The summed E-state index contributed by atoms with van der Waals surface area (Å²) < 4.78 is 0. The molecule has 3 N–H and O–H groups in total. The Balaban J connectivity index is 2.61. The molecule has 0 radical (unpaired) electrons. The Morgan fingerprint density at radius 2 is 2.56 bits per heavy atom. The monoisotopic (exact) mass is 125 g/mol. The van der Waals surface area contributed by atoms with Crippen molar-refractivity contribution in [2.75, 3.05) is 5.73 Å². The number of imidazole rings is 1. The van der Waals surface area contributed by atoms with E-state index in [0.29, 0.717) is 5.95 Å². The summed E-state index contributed by atoms with van der Waals surface area (Å²) in [5.41, 5.74) is 6.46. The number of aromatic amines is 1. The number of nitrogens with one attached hydrogen (secondary N) is 1. The lowest BCUT2D eigenvalue weighted by molar-refractivity contribution is 0.893. The predicted molar refractivity (Wildman–Crippen MR) is 37.0 cm³/mol. The summed E-state index contributed by atoms with van der Waals surface area (Å²) in [5.74, 6) is 0.512. The Morgan fingerprint density at radius 3 is 3.00 bits per heavy atom. The number of rotatable bonds is 2. The van der Waals surface area contributed by atoms with E-state index < -0.39 is 0 Å². The third-order valence-corrected chi connectivity index (χ3v) is 1.17. The average Bonchev–Trinajstić information content (AvgIpc) is 2.17. The standard InChI is InChI=1S/C6H11N3/c1-2-3-5-4-8-6(7)9-5/h4H,2-3H2,1H3,(H3,7,8,9). The quantitative estimate of drug-likeness (QED) is 0.618. The van der Waals surface area contributed by atoms with Crippen LogP contribution in [0, 0.1) is 0 Å². The lowest BCUT2D eigenvalue weighted by Crippen LogP contribution is -1.87. The van der Waals surface area contributed by atoms with E-state index in [-0.39, 0.29) is 0 Å². The molecule has 50 valence electrons. The summed E-state index contributed by atoms with van der Waals surface area (Å²) in [7, 11) is 0. The SMILES string of the molecule is CCCc1cnc(N)[nH]1. The zero-order valence-electron chi connectivity index (χ0n) is 5.52. The first-order valence-electron chi connectivity index (χ1n) is 3.12. The van der Waals surface area contributed by atoms with Crippen molar-refractivity contribution in [2.24, 2.45) is 0 Å². The van der Waals surface area contributed by atoms with Crippen LogP contribution in [0.25, 0.3) is 0 Å². The molecule has 3 heteroatoms. The number of nitrogens with two attached hydrogens (primary N) is 1. The molecule has 0 spiro atoms. The number of hydrogen-bond donors (Lipinski definition) is 2. The molecule has 0 bridgehead atoms. The van der Waals surface area contributed by atoms with Gasteiger partial charge in [-0.15, -0.1) is 0 Å². The number of nitrogens with zero attached hydrogens (tertiary/aromatic N) is 1. The summed E-state index contributed by atoms with van der Waals surface area (Å²) in [5, 5.41) is 0. The highest BCUT2D eigenvalue weighted by Gasteiger charge is 1.92. The molecule has 0 aromatic carbocycles. The maximum atomic E-state index is 5.34. The zero-order valence-corrected chi connectivity index (χ0v) is 5.52. The highest BCUT2D eigenvalue weighted by Crippen LogP contribution is 1.99. The molecule has 1 aromatic heterocycles. The third-order valence-electron chi connectivity index (χ3n) is 1.17. The maximum Gasteiger partial charge on any atom is 0.197 e. The van der Waals surface area contributed by atoms with E-state index in [2.05, 4.69) is 16.9 Å². The van der Waals surface area contributed by atoms with Gasteiger partial charge in [0.1, 0.15) is 0 Å². The Bertz CT molecular complexity index is 180. The topological polar surface area (TPSA) is 54.7 Å². The minimum absolute atomic E-state index is 0.512. The van der Waals surface area contributed by atoms with Crippen LogP contribution in [0.3, 0.4) is 0 Å². The van der Waals surface area contributed by atoms with Crippen molar-refractivity contribution in [2.45, 2.75) is 19.8 Å². The van der Waals surface area contributed by atoms with Crippen molar-refractivity contribution in [1.82, 2.24) is 9.97 Å². The zero-order chi connectivity index (χ0) is 6.69. The van der Waals surface area contributed by atoms with E-state index in [0.717, 1.165) is 18.5 Å². The van der Waals surface area contributed by atoms with Gasteiger partial charge in [-0.3, -0.25) is 0 Å². The van der Waals surface area contributed by atoms with Gasteiger partial charge in [0.25, 0.3) is 0 Å². The van der Waals surface area contributed by atoms with Crippen molar-refractivity contribution in [3.05, 3.63) is 11.9 Å². The molecule has 0 fully saturated rings. The van der Waals surface area contributed by atoms with E-state index in [1.54, 1.807) is 6.20 Å². The number of hydrogen-bond acceptors (Lipinski definition) is 2. The first kappa shape index (κ1) is 6.13. The molecule has 1 heterocycles. The third kappa shape index (κ3) is 1.45. The number of H-pyrrole nitrogens is 1. The van der Waals surface area contributed by atoms with Gasteiger partial charge in [-0.1, -0.05) is 13.3 Å². The fraction of sp³-hybridized carbons (Fsp3) is 0.500. The second-order valence-electron chi connectivity index (χ2n) is 2.04. The van der Waals surface area contributed by atoms with Gasteiger partial charge in [-0.25, -0.2) is 4.98 Å². The van der Waals surface area contributed by atoms with E-state index in [1.807, 2.05) is 0 Å². The molecule has 1 rings (SSSR count). The molecule has 9 heavy (non-hydrogen) atoms. The molecular formula is C6H11N3. The Hall–Kier alpha value is -0.990. The molecule has 3 nitrogen and oxygen atoms in total. The van der Waals surface area contributed by atoms with Crippen molar-refractivity contribution < 1.29 is 0 Å². The van der Waals surface area contributed by atoms with Crippen LogP contribution in [0.4, 0.5) is 5.95 Å². The van der Waals surface area contributed by atoms with E-state index in [4.69, 9.17) is 5.73 Å². The molecule has 0 saturated carbocycles. The molecule has 0 atom stereocenters. The van der Waals surface area contributed by atoms with Gasteiger partial charge in [-0.2, -0.15) is 0 Å². The summed E-state index contributed by atoms with van der Waals surface area (Å²) >= 11 is 0. The van der Waals surface area contributed by atoms with E-state index in [1.165, 1.54) is 0 Å². The van der Waals surface area contributed by atoms with Gasteiger partial charge in [0.05, 0.1) is 6.20 Å². The lowest BCUT2D eigenvalue weighted by Gasteiger charge is -1.87. The van der Waals surface area contributed by atoms with Gasteiger partial charge in [-0.05, 0) is 6.42 Å². The molecule has 0 unspecified atom stereocenters. The number of aryl methyl sites for hydroxylation is 1. The molecule has 1 aromatic rings. The first-order chi connectivity index (χ1) is 4.33. The smallest absolute Gasteiger partial charge is 0.197 e. The Kier molecular flexibility index (Phi) is 1.72. The highest BCUT2D eigenvalue weighted by atomic mass is 15.0. The maximum absolute atomic E-state index is 5.34. The second-order valence-corrected chi connectivity index (χ2v) is 2.04. The van der Waals surface area contributed by atoms with E-state index in [9.17, 15) is 0 Å². The van der Waals surface area contributed by atoms with Crippen LogP contribution in [-0.4, -0.2) is 9.97 Å². The number of nitrogen functional groups attached to an aromatic ring is 1. The lowest BCUT2D eigenvalue weighted by atomic mass is 10.3. The summed E-state index contributed by atoms with van der Waals surface area (Å²) in [6.07, 6.45) is 3.94. The van der Waals surface area contributed by atoms with Crippen molar-refractivity contribution >= 4 is 5.95 Å². The normalized spacial score (nSPS) is 9.89. The number of anilines is 1. The van der Waals surface area contributed by atoms with Crippen molar-refractivity contribution in [3.8, 4) is 0 Å². The van der Waals surface area contributed by atoms with Crippen LogP contribution in [0.5, 0.6) is 0 Å². The largest absolute Gasteiger partial charge is 0.369 e. The molecule has 0 aliphatic carbocycles. The van der Waals surface area contributed by atoms with E-state index >= 15 is 0 Å². The fourth-order valence-corrected chi connectivity index (χ4v) is 0.773. The van der Waals surface area contributed by atoms with Gasteiger partial charge in [0.2, 0.25) is 0 Å². The number of aromatic nitrogens is 2. The fourth-order valence-electron chi connectivity index (χ4n) is 0.773. The highest BCUT2D eigenvalue weighted by molar-refractivity contribution is 5.18. The molecule has 0 saturated heterocycles. The van der Waals surface area contributed by atoms with Crippen LogP contribution < -0.4 is 5.73 Å². The summed E-state index contributed by atoms with van der Waals surface area (Å²) in [4.78, 5) is 6.80. The minimum Gasteiger partial charge on any atom is -0.369 e. The van der Waals surface area contributed by atoms with Crippen LogP contribution in [0.15, 0.2) is 6.20 Å². The Labute approximate surface area is 54.3 Å². The van der Waals surface area contributed by atoms with Crippen LogP contribution >= 0.6 is 0 Å². The van der Waals surface area contributed by atoms with Gasteiger partial charge in [0.15, 0.2) is 5.95 Å². The Morgan fingerprint density at radius 1 is 1.78 bits per heavy atom. The van der Waals surface area contributed by atoms with Crippen LogP contribution in [-0.2, 0) is 6.42 Å². The van der Waals surface area contributed by atoms with Gasteiger partial charge >= 0.3 is 0 Å². The van der Waals surface area contributed by atoms with Gasteiger partial charge < -0.3 is 10.7 Å². The summed E-state index contributed by atoms with van der Waals surface area (Å²) in [6.45, 7) is 2.12.